The Morgan fingerprint density at radius 1 is 0.386 bits per heavy atom. The quantitative estimate of drug-likeness (QED) is 0.195. The summed E-state index contributed by atoms with van der Waals surface area (Å²) in [6, 6.07) is 37.8. The van der Waals surface area contributed by atoms with Gasteiger partial charge in [-0.2, -0.15) is 0 Å². The Kier molecular flexibility index (Phi) is 5.59. The molecule has 0 saturated heterocycles. The van der Waals surface area contributed by atoms with Gasteiger partial charge in [0, 0.05) is 10.8 Å². The van der Waals surface area contributed by atoms with Crippen LogP contribution in [0.5, 0.6) is 0 Å². The molecule has 44 heavy (non-hydrogen) atoms. The van der Waals surface area contributed by atoms with E-state index in [9.17, 15) is 0 Å². The van der Waals surface area contributed by atoms with Gasteiger partial charge in [0.15, 0.2) is 0 Å². The van der Waals surface area contributed by atoms with E-state index in [2.05, 4.69) is 152 Å². The normalized spacial score (nSPS) is 15.2. The zero-order valence-corrected chi connectivity index (χ0v) is 27.2. The molecule has 0 aliphatic heterocycles. The molecule has 0 radical (unpaired) electrons. The molecule has 2 aliphatic carbocycles. The van der Waals surface area contributed by atoms with Gasteiger partial charge in [0.1, 0.15) is 0 Å². The van der Waals surface area contributed by atoms with Gasteiger partial charge in [0.2, 0.25) is 0 Å². The van der Waals surface area contributed by atoms with Gasteiger partial charge in [0.25, 0.3) is 0 Å². The first-order valence-electron chi connectivity index (χ1n) is 16.0. The lowest BCUT2D eigenvalue weighted by Gasteiger charge is -2.36. The van der Waals surface area contributed by atoms with Gasteiger partial charge < -0.3 is 0 Å². The van der Waals surface area contributed by atoms with E-state index in [1.807, 2.05) is 0 Å². The minimum absolute atomic E-state index is 0.105. The van der Waals surface area contributed by atoms with Crippen molar-refractivity contribution in [1.82, 2.24) is 0 Å². The van der Waals surface area contributed by atoms with Crippen molar-refractivity contribution in [3.8, 4) is 44.5 Å². The lowest BCUT2D eigenvalue weighted by atomic mass is 9.67. The summed E-state index contributed by atoms with van der Waals surface area (Å²) in [7, 11) is 0. The highest BCUT2D eigenvalue weighted by Gasteiger charge is 2.41. The maximum absolute atomic E-state index is 2.54. The number of hydrogen-bond acceptors (Lipinski definition) is 0. The summed E-state index contributed by atoms with van der Waals surface area (Å²) in [5.74, 6) is 0. The first-order chi connectivity index (χ1) is 20.9. The molecule has 0 N–H and O–H groups in total. The van der Waals surface area contributed by atoms with Crippen molar-refractivity contribution in [2.75, 3.05) is 0 Å². The van der Waals surface area contributed by atoms with Crippen LogP contribution in [0.1, 0.15) is 72.2 Å². The molecule has 0 aromatic heterocycles. The Bertz CT molecular complexity index is 2160. The molecule has 0 fully saturated rings. The van der Waals surface area contributed by atoms with Crippen molar-refractivity contribution in [3.05, 3.63) is 142 Å². The van der Waals surface area contributed by atoms with E-state index in [0.717, 1.165) is 0 Å². The van der Waals surface area contributed by atoms with Crippen LogP contribution in [-0.4, -0.2) is 0 Å². The van der Waals surface area contributed by atoms with Crippen molar-refractivity contribution in [1.29, 1.82) is 0 Å². The van der Waals surface area contributed by atoms with Crippen LogP contribution in [-0.2, 0) is 10.8 Å². The zero-order valence-electron chi connectivity index (χ0n) is 27.2. The summed E-state index contributed by atoms with van der Waals surface area (Å²) in [5, 5.41) is 2.81. The van der Waals surface area contributed by atoms with Crippen LogP contribution < -0.4 is 0 Å². The SMILES string of the molecule is Cc1cc(C)cc(-c2ccc3c(c2)C(C)(C)c2cc4c5c(cccc5c2-3)C(C)(C)c2cc(-c3cc(C)cc(C)c3)ccc2-4)c1. The summed E-state index contributed by atoms with van der Waals surface area (Å²) >= 11 is 0. The molecule has 0 saturated carbocycles. The highest BCUT2D eigenvalue weighted by atomic mass is 14.4. The summed E-state index contributed by atoms with van der Waals surface area (Å²) in [4.78, 5) is 0. The summed E-state index contributed by atoms with van der Waals surface area (Å²) in [5.41, 5.74) is 21.5. The molecular formula is C44H40. The van der Waals surface area contributed by atoms with Crippen molar-refractivity contribution in [3.63, 3.8) is 0 Å². The maximum Gasteiger partial charge on any atom is 0.0159 e. The van der Waals surface area contributed by atoms with Crippen molar-refractivity contribution < 1.29 is 0 Å². The fraction of sp³-hybridized carbons (Fsp3) is 0.227. The highest BCUT2D eigenvalue weighted by molar-refractivity contribution is 6.12. The van der Waals surface area contributed by atoms with Crippen LogP contribution in [0.3, 0.4) is 0 Å². The second-order valence-corrected chi connectivity index (χ2v) is 14.6. The standard InChI is InChI=1S/C44H40/c1-25-16-26(2)19-31(18-25)29-12-14-33-36-24-40-41(35-10-9-11-37(42(35)36)43(5,6)38(33)22-29)34-15-13-30(23-39(34)44(40,7)8)32-20-27(3)17-28(4)21-32/h9-24H,1-8H3. The van der Waals surface area contributed by atoms with Gasteiger partial charge in [0.05, 0.1) is 0 Å². The zero-order chi connectivity index (χ0) is 30.7. The van der Waals surface area contributed by atoms with E-state index < -0.39 is 0 Å². The minimum atomic E-state index is -0.116. The van der Waals surface area contributed by atoms with E-state index in [1.54, 1.807) is 0 Å². The molecule has 2 aliphatic rings. The second kappa shape index (κ2) is 9.05. The molecule has 6 aromatic carbocycles. The number of aryl methyl sites for hydroxylation is 4. The van der Waals surface area contributed by atoms with Gasteiger partial charge in [-0.3, -0.25) is 0 Å². The predicted molar refractivity (Wildman–Crippen MR) is 189 cm³/mol. The molecule has 0 bridgehead atoms. The van der Waals surface area contributed by atoms with Crippen LogP contribution in [0.2, 0.25) is 0 Å². The molecule has 0 spiro atoms. The van der Waals surface area contributed by atoms with Crippen LogP contribution >= 0.6 is 0 Å². The topological polar surface area (TPSA) is 0 Å². The van der Waals surface area contributed by atoms with Crippen molar-refractivity contribution in [2.24, 2.45) is 0 Å². The highest BCUT2D eigenvalue weighted by Crippen LogP contribution is 2.57. The molecule has 8 rings (SSSR count). The molecule has 0 heteroatoms. The number of fused-ring (bicyclic) bond motifs is 6. The van der Waals surface area contributed by atoms with Gasteiger partial charge in [-0.25, -0.2) is 0 Å². The average Bonchev–Trinajstić information content (AvgIpc) is 3.20. The van der Waals surface area contributed by atoms with Gasteiger partial charge in [-0.1, -0.05) is 129 Å². The molecule has 0 unspecified atom stereocenters. The van der Waals surface area contributed by atoms with Gasteiger partial charge in [-0.15, -0.1) is 0 Å². The average molecular weight is 569 g/mol. The maximum atomic E-state index is 2.54. The number of hydrogen-bond donors (Lipinski definition) is 0. The molecule has 0 atom stereocenters. The lowest BCUT2D eigenvalue weighted by Crippen LogP contribution is -2.24. The van der Waals surface area contributed by atoms with Gasteiger partial charge in [-0.05, 0) is 123 Å². The third-order valence-corrected chi connectivity index (χ3v) is 10.6. The van der Waals surface area contributed by atoms with E-state index in [0.29, 0.717) is 0 Å². The fourth-order valence-electron chi connectivity index (χ4n) is 8.51. The fourth-order valence-corrected chi connectivity index (χ4v) is 8.51. The molecule has 0 heterocycles. The lowest BCUT2D eigenvalue weighted by molar-refractivity contribution is 0.644. The van der Waals surface area contributed by atoms with Crippen molar-refractivity contribution in [2.45, 2.75) is 66.2 Å². The van der Waals surface area contributed by atoms with Crippen LogP contribution in [0.4, 0.5) is 0 Å². The third kappa shape index (κ3) is 3.76. The second-order valence-electron chi connectivity index (χ2n) is 14.6. The van der Waals surface area contributed by atoms with Crippen LogP contribution in [0.25, 0.3) is 55.3 Å². The summed E-state index contributed by atoms with van der Waals surface area (Å²) in [6.45, 7) is 18.4. The Morgan fingerprint density at radius 2 is 0.886 bits per heavy atom. The molecule has 0 nitrogen and oxygen atoms in total. The molecule has 216 valence electrons. The predicted octanol–water partition coefficient (Wildman–Crippen LogP) is 12.0. The molecule has 0 amide bonds. The Morgan fingerprint density at radius 3 is 1.45 bits per heavy atom. The Labute approximate surface area is 262 Å². The van der Waals surface area contributed by atoms with Crippen LogP contribution in [0, 0.1) is 27.7 Å². The number of rotatable bonds is 2. The molecular weight excluding hydrogens is 528 g/mol. The summed E-state index contributed by atoms with van der Waals surface area (Å²) in [6.07, 6.45) is 0. The first kappa shape index (κ1) is 27.2. The van der Waals surface area contributed by atoms with Crippen molar-refractivity contribution >= 4 is 10.8 Å². The summed E-state index contributed by atoms with van der Waals surface area (Å²) < 4.78 is 0. The Balaban J connectivity index is 1.37. The van der Waals surface area contributed by atoms with Gasteiger partial charge >= 0.3 is 0 Å². The van der Waals surface area contributed by atoms with Crippen LogP contribution in [0.15, 0.2) is 97.1 Å². The molecule has 6 aromatic rings. The smallest absolute Gasteiger partial charge is 0.0159 e. The minimum Gasteiger partial charge on any atom is -0.0613 e. The first-order valence-corrected chi connectivity index (χ1v) is 16.0. The Hall–Kier alpha value is -4.42. The third-order valence-electron chi connectivity index (χ3n) is 10.6. The monoisotopic (exact) mass is 568 g/mol. The van der Waals surface area contributed by atoms with E-state index in [-0.39, 0.29) is 10.8 Å². The number of benzene rings is 6. The van der Waals surface area contributed by atoms with E-state index in [1.165, 1.54) is 99.8 Å². The largest absolute Gasteiger partial charge is 0.0613 e. The van der Waals surface area contributed by atoms with E-state index in [4.69, 9.17) is 0 Å². The van der Waals surface area contributed by atoms with E-state index >= 15 is 0 Å².